The van der Waals surface area contributed by atoms with Crippen molar-refractivity contribution in [1.29, 1.82) is 0 Å². The van der Waals surface area contributed by atoms with Gasteiger partial charge in [0.05, 0.1) is 17.0 Å². The lowest BCUT2D eigenvalue weighted by Gasteiger charge is -2.04. The van der Waals surface area contributed by atoms with Gasteiger partial charge in [-0.15, -0.1) is 32.9 Å². The maximum Gasteiger partial charge on any atom is 0.231 e. The molecule has 7 nitrogen and oxygen atoms in total. The third-order valence-electron chi connectivity index (χ3n) is 4.00. The highest BCUT2D eigenvalue weighted by atomic mass is 32.2. The molecular weight excluding hydrogens is 424 g/mol. The number of amides is 1. The lowest BCUT2D eigenvalue weighted by Crippen LogP contribution is -2.14. The first-order chi connectivity index (χ1) is 14.1. The van der Waals surface area contributed by atoms with Crippen LogP contribution in [0.4, 0.5) is 5.69 Å². The molecule has 4 rings (SSSR count). The van der Waals surface area contributed by atoms with E-state index in [1.165, 1.54) is 27.8 Å². The van der Waals surface area contributed by atoms with Gasteiger partial charge in [0.25, 0.3) is 0 Å². The molecule has 3 N–H and O–H groups in total. The molecule has 10 heteroatoms. The van der Waals surface area contributed by atoms with Gasteiger partial charge >= 0.3 is 0 Å². The van der Waals surface area contributed by atoms with Crippen LogP contribution < -0.4 is 11.2 Å². The van der Waals surface area contributed by atoms with Gasteiger partial charge in [0.15, 0.2) is 5.82 Å². The fraction of sp³-hybridized carbons (Fsp3) is 0.158. The zero-order valence-corrected chi connectivity index (χ0v) is 18.0. The van der Waals surface area contributed by atoms with Gasteiger partial charge in [-0.1, -0.05) is 35.5 Å². The first kappa shape index (κ1) is 19.6. The first-order valence-electron chi connectivity index (χ1n) is 8.75. The predicted molar refractivity (Wildman–Crippen MR) is 119 cm³/mol. The van der Waals surface area contributed by atoms with Crippen molar-refractivity contribution in [2.45, 2.75) is 24.3 Å². The smallest absolute Gasteiger partial charge is 0.231 e. The Morgan fingerprint density at radius 2 is 2.03 bits per heavy atom. The van der Waals surface area contributed by atoms with Crippen molar-refractivity contribution in [2.75, 3.05) is 11.2 Å². The largest absolute Gasteiger partial charge is 0.335 e. The van der Waals surface area contributed by atoms with Crippen LogP contribution in [0, 0.1) is 6.92 Å². The summed E-state index contributed by atoms with van der Waals surface area (Å²) >= 11 is 4.51. The first-order valence-corrected chi connectivity index (χ1v) is 11.5. The molecule has 1 aromatic carbocycles. The van der Waals surface area contributed by atoms with Gasteiger partial charge in [-0.05, 0) is 30.5 Å². The number of nitrogen functional groups attached to an aromatic ring is 1. The number of aromatic nitrogens is 4. The molecule has 0 aliphatic rings. The maximum absolute atomic E-state index is 12.2. The van der Waals surface area contributed by atoms with Crippen molar-refractivity contribution >= 4 is 46.0 Å². The number of nitrogens with one attached hydrogen (secondary N) is 1. The van der Waals surface area contributed by atoms with E-state index in [1.54, 1.807) is 11.3 Å². The number of nitrogens with two attached hydrogens (primary N) is 1. The van der Waals surface area contributed by atoms with E-state index >= 15 is 0 Å². The predicted octanol–water partition coefficient (Wildman–Crippen LogP) is 3.96. The van der Waals surface area contributed by atoms with E-state index in [1.807, 2.05) is 54.1 Å². The van der Waals surface area contributed by atoms with Crippen LogP contribution in [0.15, 0.2) is 52.3 Å². The molecule has 0 fully saturated rings. The second-order valence-electron chi connectivity index (χ2n) is 6.27. The number of thioether (sulfide) groups is 1. The minimum Gasteiger partial charge on any atom is -0.335 e. The summed E-state index contributed by atoms with van der Waals surface area (Å²) in [6.07, 6.45) is 0.249. The second kappa shape index (κ2) is 8.76. The molecule has 0 aliphatic carbocycles. The SMILES string of the molecule is Cc1ccc(NC(=O)Cc2nc(CSc3nnc(-c4cccs4)n3N)cs2)cc1. The van der Waals surface area contributed by atoms with Gasteiger partial charge in [0.2, 0.25) is 11.1 Å². The maximum atomic E-state index is 12.2. The molecule has 0 saturated carbocycles. The van der Waals surface area contributed by atoms with Crippen molar-refractivity contribution in [3.05, 3.63) is 63.4 Å². The highest BCUT2D eigenvalue weighted by molar-refractivity contribution is 7.98. The molecule has 1 amide bonds. The van der Waals surface area contributed by atoms with E-state index in [9.17, 15) is 4.79 Å². The molecule has 4 aromatic rings. The van der Waals surface area contributed by atoms with E-state index < -0.39 is 0 Å². The monoisotopic (exact) mass is 442 g/mol. The van der Waals surface area contributed by atoms with Crippen molar-refractivity contribution in [3.8, 4) is 10.7 Å². The van der Waals surface area contributed by atoms with Gasteiger partial charge in [-0.3, -0.25) is 4.79 Å². The summed E-state index contributed by atoms with van der Waals surface area (Å²) in [6.45, 7) is 2.01. The number of hydrogen-bond donors (Lipinski definition) is 2. The fourth-order valence-electron chi connectivity index (χ4n) is 2.56. The highest BCUT2D eigenvalue weighted by Gasteiger charge is 2.14. The number of thiophene rings is 1. The van der Waals surface area contributed by atoms with Crippen molar-refractivity contribution in [3.63, 3.8) is 0 Å². The van der Waals surface area contributed by atoms with Gasteiger partial charge in [0.1, 0.15) is 5.01 Å². The Kier molecular flexibility index (Phi) is 5.93. The number of carbonyl (C=O) groups excluding carboxylic acids is 1. The summed E-state index contributed by atoms with van der Waals surface area (Å²) in [4.78, 5) is 17.8. The average molecular weight is 443 g/mol. The molecule has 0 spiro atoms. The van der Waals surface area contributed by atoms with Gasteiger partial charge in [-0.25, -0.2) is 9.66 Å². The Bertz CT molecular complexity index is 1100. The summed E-state index contributed by atoms with van der Waals surface area (Å²) < 4.78 is 1.50. The Morgan fingerprint density at radius 1 is 1.21 bits per heavy atom. The Hall–Kier alpha value is -2.69. The van der Waals surface area contributed by atoms with E-state index in [0.29, 0.717) is 16.7 Å². The lowest BCUT2D eigenvalue weighted by atomic mass is 10.2. The average Bonchev–Trinajstić information content (AvgIpc) is 3.44. The van der Waals surface area contributed by atoms with Crippen molar-refractivity contribution in [1.82, 2.24) is 19.9 Å². The van der Waals surface area contributed by atoms with E-state index in [-0.39, 0.29) is 12.3 Å². The molecule has 0 atom stereocenters. The van der Waals surface area contributed by atoms with Crippen molar-refractivity contribution < 1.29 is 4.79 Å². The highest BCUT2D eigenvalue weighted by Crippen LogP contribution is 2.27. The molecule has 148 valence electrons. The third-order valence-corrected chi connectivity index (χ3v) is 6.74. The molecule has 3 aromatic heterocycles. The van der Waals surface area contributed by atoms with E-state index in [4.69, 9.17) is 5.84 Å². The van der Waals surface area contributed by atoms with E-state index in [0.717, 1.165) is 26.8 Å². The van der Waals surface area contributed by atoms with Gasteiger partial charge in [0, 0.05) is 16.8 Å². The van der Waals surface area contributed by atoms with Gasteiger partial charge < -0.3 is 11.2 Å². The van der Waals surface area contributed by atoms with E-state index in [2.05, 4.69) is 20.5 Å². The molecule has 0 bridgehead atoms. The minimum absolute atomic E-state index is 0.0790. The number of anilines is 1. The lowest BCUT2D eigenvalue weighted by molar-refractivity contribution is -0.115. The molecule has 3 heterocycles. The second-order valence-corrected chi connectivity index (χ2v) is 9.10. The molecular formula is C19H18N6OS3. The molecule has 29 heavy (non-hydrogen) atoms. The number of hydrogen-bond acceptors (Lipinski definition) is 8. The number of nitrogens with zero attached hydrogens (tertiary/aromatic N) is 4. The van der Waals surface area contributed by atoms with Crippen LogP contribution >= 0.6 is 34.4 Å². The summed E-state index contributed by atoms with van der Waals surface area (Å²) in [6, 6.07) is 11.6. The summed E-state index contributed by atoms with van der Waals surface area (Å²) in [5, 5.41) is 16.6. The zero-order valence-electron chi connectivity index (χ0n) is 15.5. The molecule has 0 unspecified atom stereocenters. The number of aryl methyl sites for hydroxylation is 1. The number of benzene rings is 1. The number of rotatable bonds is 7. The quantitative estimate of drug-likeness (QED) is 0.332. The summed E-state index contributed by atoms with van der Waals surface area (Å²) in [5.41, 5.74) is 2.83. The Labute approximate surface area is 180 Å². The van der Waals surface area contributed by atoms with Crippen LogP contribution in [0.25, 0.3) is 10.7 Å². The Balaban J connectivity index is 1.32. The van der Waals surface area contributed by atoms with Crippen LogP contribution in [0.5, 0.6) is 0 Å². The number of carbonyl (C=O) groups is 1. The van der Waals surface area contributed by atoms with Crippen LogP contribution in [0.1, 0.15) is 16.3 Å². The topological polar surface area (TPSA) is 98.7 Å². The van der Waals surface area contributed by atoms with Crippen LogP contribution in [-0.2, 0) is 17.0 Å². The van der Waals surface area contributed by atoms with Gasteiger partial charge in [-0.2, -0.15) is 0 Å². The normalized spacial score (nSPS) is 10.9. The number of thiazole rings is 1. The van der Waals surface area contributed by atoms with Crippen molar-refractivity contribution in [2.24, 2.45) is 0 Å². The third kappa shape index (κ3) is 4.84. The van der Waals surface area contributed by atoms with Crippen LogP contribution in [-0.4, -0.2) is 25.8 Å². The summed E-state index contributed by atoms with van der Waals surface area (Å²) in [5.74, 6) is 7.29. The van der Waals surface area contributed by atoms with Crippen LogP contribution in [0.3, 0.4) is 0 Å². The van der Waals surface area contributed by atoms with Crippen LogP contribution in [0.2, 0.25) is 0 Å². The fourth-order valence-corrected chi connectivity index (χ4v) is 4.92. The summed E-state index contributed by atoms with van der Waals surface area (Å²) in [7, 11) is 0. The minimum atomic E-state index is -0.0790. The molecule has 0 aliphatic heterocycles. The zero-order chi connectivity index (χ0) is 20.2. The standard InChI is InChI=1S/C19H18N6OS3/c1-12-4-6-13(7-5-12)21-16(26)9-17-22-14(10-28-17)11-29-19-24-23-18(25(19)20)15-3-2-8-27-15/h2-8,10H,9,11,20H2,1H3,(H,21,26). The Morgan fingerprint density at radius 3 is 2.79 bits per heavy atom. The molecule has 0 radical (unpaired) electrons. The molecule has 0 saturated heterocycles.